The molecule has 32 heavy (non-hydrogen) atoms. The lowest BCUT2D eigenvalue weighted by molar-refractivity contribution is 0.0394. The zero-order chi connectivity index (χ0) is 22.3. The van der Waals surface area contributed by atoms with E-state index in [1.54, 1.807) is 58.2 Å². The van der Waals surface area contributed by atoms with Crippen molar-refractivity contribution in [2.45, 2.75) is 31.9 Å². The molecule has 6 nitrogen and oxygen atoms in total. The van der Waals surface area contributed by atoms with Gasteiger partial charge in [-0.25, -0.2) is 23.4 Å². The Bertz CT molecular complexity index is 1310. The summed E-state index contributed by atoms with van der Waals surface area (Å²) < 4.78 is 31.2. The van der Waals surface area contributed by atoms with E-state index in [-0.39, 0.29) is 11.6 Å². The van der Waals surface area contributed by atoms with Gasteiger partial charge in [0.15, 0.2) is 11.6 Å². The van der Waals surface area contributed by atoms with Crippen LogP contribution in [0.2, 0.25) is 0 Å². The van der Waals surface area contributed by atoms with Gasteiger partial charge >= 0.3 is 0 Å². The molecule has 0 saturated carbocycles. The Kier molecular flexibility index (Phi) is 4.94. The third kappa shape index (κ3) is 3.62. The zero-order valence-corrected chi connectivity index (χ0v) is 17.4. The molecule has 0 spiro atoms. The Morgan fingerprint density at radius 2 is 1.91 bits per heavy atom. The van der Waals surface area contributed by atoms with Crippen LogP contribution in [0.3, 0.4) is 0 Å². The lowest BCUT2D eigenvalue weighted by atomic mass is 9.86. The molecule has 2 aromatic heterocycles. The van der Waals surface area contributed by atoms with Gasteiger partial charge in [-0.2, -0.15) is 5.10 Å². The smallest absolute Gasteiger partial charge is 0.174 e. The van der Waals surface area contributed by atoms with Gasteiger partial charge in [-0.15, -0.1) is 0 Å². The quantitative estimate of drug-likeness (QED) is 0.523. The number of halogens is 2. The molecule has 8 heteroatoms. The first-order valence-electron chi connectivity index (χ1n) is 10.3. The molecule has 0 saturated heterocycles. The van der Waals surface area contributed by atoms with Crippen molar-refractivity contribution < 1.29 is 13.9 Å². The number of hydrogen-bond donors (Lipinski definition) is 1. The molecular weight excluding hydrogens is 412 g/mol. The number of imidazole rings is 1. The third-order valence-corrected chi connectivity index (χ3v) is 5.67. The summed E-state index contributed by atoms with van der Waals surface area (Å²) in [4.78, 5) is 8.65. The van der Waals surface area contributed by atoms with E-state index in [4.69, 9.17) is 0 Å². The van der Waals surface area contributed by atoms with Crippen LogP contribution in [0.4, 0.5) is 8.78 Å². The van der Waals surface area contributed by atoms with E-state index in [1.165, 1.54) is 18.2 Å². The molecule has 5 rings (SSSR count). The second-order valence-electron chi connectivity index (χ2n) is 7.95. The van der Waals surface area contributed by atoms with Crippen LogP contribution in [0.25, 0.3) is 17.8 Å². The molecule has 162 valence electrons. The van der Waals surface area contributed by atoms with E-state index in [9.17, 15) is 13.9 Å². The molecule has 0 fully saturated rings. The first-order valence-corrected chi connectivity index (χ1v) is 10.3. The van der Waals surface area contributed by atoms with Crippen LogP contribution in [0, 0.1) is 18.6 Å². The number of rotatable bonds is 4. The Balaban J connectivity index is 1.42. The maximum absolute atomic E-state index is 14.6. The van der Waals surface area contributed by atoms with Crippen LogP contribution >= 0.6 is 0 Å². The molecule has 1 N–H and O–H groups in total. The number of aliphatic hydroxyl groups is 1. The summed E-state index contributed by atoms with van der Waals surface area (Å²) in [6.07, 6.45) is 7.94. The van der Waals surface area contributed by atoms with Gasteiger partial charge in [-0.1, -0.05) is 24.3 Å². The van der Waals surface area contributed by atoms with Crippen molar-refractivity contribution in [1.82, 2.24) is 24.3 Å². The molecule has 3 heterocycles. The summed E-state index contributed by atoms with van der Waals surface area (Å²) >= 11 is 0. The van der Waals surface area contributed by atoms with Gasteiger partial charge < -0.3 is 9.67 Å². The molecule has 1 aliphatic heterocycles. The van der Waals surface area contributed by atoms with Crippen LogP contribution in [-0.2, 0) is 12.1 Å². The highest BCUT2D eigenvalue weighted by atomic mass is 19.1. The normalized spacial score (nSPS) is 18.2. The SMILES string of the molecule is Cc1cn(-c2ccc(/C=C/c3nc4n(n3)CCC[C@]4(O)c3ccc(F)cc3)cc2F)cn1. The van der Waals surface area contributed by atoms with Crippen molar-refractivity contribution in [2.24, 2.45) is 0 Å². The van der Waals surface area contributed by atoms with Gasteiger partial charge in [0.1, 0.15) is 17.2 Å². The minimum Gasteiger partial charge on any atom is -0.377 e. The van der Waals surface area contributed by atoms with Crippen LogP contribution in [0.15, 0.2) is 55.0 Å². The molecule has 0 bridgehead atoms. The van der Waals surface area contributed by atoms with Crippen LogP contribution in [-0.4, -0.2) is 29.4 Å². The third-order valence-electron chi connectivity index (χ3n) is 5.67. The highest BCUT2D eigenvalue weighted by Crippen LogP contribution is 2.36. The fraction of sp³-hybridized carbons (Fsp3) is 0.208. The van der Waals surface area contributed by atoms with Gasteiger partial charge in [0.05, 0.1) is 17.7 Å². The van der Waals surface area contributed by atoms with E-state index < -0.39 is 5.60 Å². The predicted octanol–water partition coefficient (Wildman–Crippen LogP) is 4.25. The fourth-order valence-corrected chi connectivity index (χ4v) is 4.05. The fourth-order valence-electron chi connectivity index (χ4n) is 4.05. The second kappa shape index (κ2) is 7.80. The summed E-state index contributed by atoms with van der Waals surface area (Å²) in [6.45, 7) is 2.48. The Morgan fingerprint density at radius 3 is 2.62 bits per heavy atom. The summed E-state index contributed by atoms with van der Waals surface area (Å²) in [6, 6.07) is 10.7. The van der Waals surface area contributed by atoms with Gasteiger partial charge in [0.25, 0.3) is 0 Å². The van der Waals surface area contributed by atoms with Crippen LogP contribution in [0.1, 0.15) is 41.3 Å². The summed E-state index contributed by atoms with van der Waals surface area (Å²) in [7, 11) is 0. The van der Waals surface area contributed by atoms with Gasteiger partial charge in [0, 0.05) is 12.7 Å². The van der Waals surface area contributed by atoms with Crippen molar-refractivity contribution in [2.75, 3.05) is 0 Å². The molecule has 0 unspecified atom stereocenters. The predicted molar refractivity (Wildman–Crippen MR) is 116 cm³/mol. The highest BCUT2D eigenvalue weighted by molar-refractivity contribution is 5.67. The lowest BCUT2D eigenvalue weighted by Gasteiger charge is -2.31. The lowest BCUT2D eigenvalue weighted by Crippen LogP contribution is -2.35. The zero-order valence-electron chi connectivity index (χ0n) is 17.4. The number of fused-ring (bicyclic) bond motifs is 1. The minimum atomic E-state index is -1.33. The number of hydrogen-bond acceptors (Lipinski definition) is 4. The molecule has 1 atom stereocenters. The van der Waals surface area contributed by atoms with Gasteiger partial charge in [-0.3, -0.25) is 0 Å². The van der Waals surface area contributed by atoms with E-state index in [2.05, 4.69) is 15.1 Å². The van der Waals surface area contributed by atoms with Crippen molar-refractivity contribution in [1.29, 1.82) is 0 Å². The van der Waals surface area contributed by atoms with Crippen LogP contribution in [0.5, 0.6) is 0 Å². The van der Waals surface area contributed by atoms with Gasteiger partial charge in [-0.05, 0) is 61.2 Å². The molecule has 0 aliphatic carbocycles. The van der Waals surface area contributed by atoms with Crippen molar-refractivity contribution in [3.8, 4) is 5.69 Å². The Morgan fingerprint density at radius 1 is 1.09 bits per heavy atom. The topological polar surface area (TPSA) is 68.8 Å². The highest BCUT2D eigenvalue weighted by Gasteiger charge is 2.39. The average Bonchev–Trinajstić information content (AvgIpc) is 3.40. The summed E-state index contributed by atoms with van der Waals surface area (Å²) in [5.74, 6) is 0.108. The number of benzene rings is 2. The molecular formula is C24H21F2N5O. The Labute approximate surface area is 183 Å². The van der Waals surface area contributed by atoms with Crippen molar-refractivity contribution in [3.63, 3.8) is 0 Å². The standard InChI is InChI=1S/C24H21F2N5O/c1-16-14-30(15-27-16)21-9-3-17(13-20(21)26)4-10-22-28-23-24(32,11-2-12-31(23)29-22)18-5-7-19(25)8-6-18/h3-10,13-15,32H,2,11-12H2,1H3/b10-4+/t24-/m0/s1. The maximum atomic E-state index is 14.6. The second-order valence-corrected chi connectivity index (χ2v) is 7.95. The molecule has 1 aliphatic rings. The number of aryl methyl sites for hydroxylation is 2. The minimum absolute atomic E-state index is 0.361. The van der Waals surface area contributed by atoms with E-state index in [0.717, 1.165) is 5.69 Å². The average molecular weight is 433 g/mol. The molecule has 4 aromatic rings. The first-order chi connectivity index (χ1) is 15.4. The first kappa shape index (κ1) is 20.3. The molecule has 0 amide bonds. The molecule has 0 radical (unpaired) electrons. The van der Waals surface area contributed by atoms with E-state index in [1.807, 2.05) is 6.92 Å². The monoisotopic (exact) mass is 433 g/mol. The Hall–Kier alpha value is -3.65. The largest absolute Gasteiger partial charge is 0.377 e. The number of aromatic nitrogens is 5. The van der Waals surface area contributed by atoms with Crippen molar-refractivity contribution in [3.05, 3.63) is 95.1 Å². The number of nitrogens with zero attached hydrogens (tertiary/aromatic N) is 5. The van der Waals surface area contributed by atoms with Crippen LogP contribution < -0.4 is 0 Å². The van der Waals surface area contributed by atoms with Crippen molar-refractivity contribution >= 4 is 12.2 Å². The van der Waals surface area contributed by atoms with E-state index in [0.29, 0.717) is 47.8 Å². The van der Waals surface area contributed by atoms with E-state index >= 15 is 0 Å². The molecule has 2 aromatic carbocycles. The summed E-state index contributed by atoms with van der Waals surface area (Å²) in [5, 5.41) is 15.8. The summed E-state index contributed by atoms with van der Waals surface area (Å²) in [5.41, 5.74) is 1.13. The maximum Gasteiger partial charge on any atom is 0.174 e. The van der Waals surface area contributed by atoms with Gasteiger partial charge in [0.2, 0.25) is 0 Å².